The average Bonchev–Trinajstić information content (AvgIpc) is 2.54. The molecule has 0 amide bonds. The van der Waals surface area contributed by atoms with Crippen molar-refractivity contribution in [2.24, 2.45) is 0 Å². The Kier molecular flexibility index (Phi) is 3.61. The van der Waals surface area contributed by atoms with Gasteiger partial charge in [0, 0.05) is 25.8 Å². The van der Waals surface area contributed by atoms with Crippen LogP contribution in [0.15, 0.2) is 12.1 Å². The molecule has 1 aliphatic heterocycles. The first kappa shape index (κ1) is 12.6. The summed E-state index contributed by atoms with van der Waals surface area (Å²) in [4.78, 5) is 16.3. The van der Waals surface area contributed by atoms with E-state index in [-0.39, 0.29) is 17.6 Å². The van der Waals surface area contributed by atoms with Crippen molar-refractivity contribution in [2.45, 2.75) is 19.4 Å². The summed E-state index contributed by atoms with van der Waals surface area (Å²) in [5.74, 6) is 0.290. The van der Waals surface area contributed by atoms with E-state index in [2.05, 4.69) is 4.98 Å². The topological polar surface area (TPSA) is 94.5 Å². The van der Waals surface area contributed by atoms with E-state index >= 15 is 0 Å². The smallest absolute Gasteiger partial charge is 0.388 e. The van der Waals surface area contributed by atoms with Crippen molar-refractivity contribution >= 4 is 17.3 Å². The molecule has 7 nitrogen and oxygen atoms in total. The van der Waals surface area contributed by atoms with Gasteiger partial charge in [-0.25, -0.2) is 0 Å². The van der Waals surface area contributed by atoms with Gasteiger partial charge in [0.25, 0.3) is 0 Å². The lowest BCUT2D eigenvalue weighted by Gasteiger charge is -2.20. The number of pyridine rings is 1. The van der Waals surface area contributed by atoms with Crippen molar-refractivity contribution in [3.05, 3.63) is 22.2 Å². The van der Waals surface area contributed by atoms with Crippen molar-refractivity contribution in [1.29, 1.82) is 0 Å². The Morgan fingerprint density at radius 2 is 2.39 bits per heavy atom. The highest BCUT2D eigenvalue weighted by atomic mass is 16.6. The number of rotatable bonds is 2. The highest BCUT2D eigenvalue weighted by Crippen LogP contribution is 2.23. The number of ether oxygens (including phenoxy) is 1. The van der Waals surface area contributed by atoms with E-state index in [9.17, 15) is 10.1 Å². The maximum absolute atomic E-state index is 10.8. The first-order chi connectivity index (χ1) is 8.58. The quantitative estimate of drug-likeness (QED) is 0.627. The van der Waals surface area contributed by atoms with Crippen LogP contribution in [0.4, 0.5) is 17.3 Å². The van der Waals surface area contributed by atoms with Crippen molar-refractivity contribution in [1.82, 2.24) is 4.98 Å². The summed E-state index contributed by atoms with van der Waals surface area (Å²) in [6, 6.07) is 3.23. The summed E-state index contributed by atoms with van der Waals surface area (Å²) in [5.41, 5.74) is 5.62. The molecule has 0 saturated carbocycles. The summed E-state index contributed by atoms with van der Waals surface area (Å²) in [6.07, 6.45) is 0.968. The van der Waals surface area contributed by atoms with Crippen molar-refractivity contribution in [3.8, 4) is 0 Å². The van der Waals surface area contributed by atoms with E-state index in [0.29, 0.717) is 19.0 Å². The fourth-order valence-corrected chi connectivity index (χ4v) is 1.97. The molecule has 7 heteroatoms. The van der Waals surface area contributed by atoms with Crippen LogP contribution in [0.25, 0.3) is 0 Å². The van der Waals surface area contributed by atoms with E-state index in [1.807, 2.05) is 11.8 Å². The standard InChI is InChI=1S/C11H16N4O3/c1-8-7-14(5-2-6-18-8)10-4-3-9(12)11(13-10)15(16)17/h3-4,8H,2,5-7,12H2,1H3. The van der Waals surface area contributed by atoms with Crippen molar-refractivity contribution in [3.63, 3.8) is 0 Å². The van der Waals surface area contributed by atoms with Gasteiger partial charge in [0.2, 0.25) is 5.82 Å². The Labute approximate surface area is 105 Å². The molecule has 0 radical (unpaired) electrons. The molecule has 1 unspecified atom stereocenters. The van der Waals surface area contributed by atoms with Gasteiger partial charge in [-0.1, -0.05) is 0 Å². The molecule has 1 aliphatic rings. The second-order valence-electron chi connectivity index (χ2n) is 4.32. The zero-order valence-electron chi connectivity index (χ0n) is 10.2. The monoisotopic (exact) mass is 252 g/mol. The van der Waals surface area contributed by atoms with Crippen LogP contribution in [-0.4, -0.2) is 35.7 Å². The first-order valence-electron chi connectivity index (χ1n) is 5.85. The van der Waals surface area contributed by atoms with Gasteiger partial charge in [0.15, 0.2) is 0 Å². The molecule has 1 saturated heterocycles. The van der Waals surface area contributed by atoms with E-state index in [1.54, 1.807) is 6.07 Å². The zero-order chi connectivity index (χ0) is 13.1. The number of aromatic nitrogens is 1. The second-order valence-corrected chi connectivity index (χ2v) is 4.32. The van der Waals surface area contributed by atoms with Crippen LogP contribution >= 0.6 is 0 Å². The van der Waals surface area contributed by atoms with Crippen molar-refractivity contribution in [2.75, 3.05) is 30.3 Å². The van der Waals surface area contributed by atoms with E-state index < -0.39 is 4.92 Å². The third-order valence-electron chi connectivity index (χ3n) is 2.84. The maximum atomic E-state index is 10.8. The Morgan fingerprint density at radius 1 is 1.61 bits per heavy atom. The minimum absolute atomic E-state index is 0.0860. The normalized spacial score (nSPS) is 20.5. The fourth-order valence-electron chi connectivity index (χ4n) is 1.97. The molecule has 1 fully saturated rings. The number of nitrogen functional groups attached to an aromatic ring is 1. The molecule has 2 rings (SSSR count). The number of hydrogen-bond donors (Lipinski definition) is 1. The van der Waals surface area contributed by atoms with Gasteiger partial charge in [-0.15, -0.1) is 0 Å². The number of nitro groups is 1. The molecule has 0 spiro atoms. The van der Waals surface area contributed by atoms with Crippen LogP contribution in [0.5, 0.6) is 0 Å². The van der Waals surface area contributed by atoms with Gasteiger partial charge < -0.3 is 25.5 Å². The highest BCUT2D eigenvalue weighted by molar-refractivity contribution is 5.58. The molecule has 0 aromatic carbocycles. The van der Waals surface area contributed by atoms with Crippen LogP contribution in [-0.2, 0) is 4.74 Å². The third kappa shape index (κ3) is 2.67. The van der Waals surface area contributed by atoms with Crippen LogP contribution in [0.3, 0.4) is 0 Å². The maximum Gasteiger partial charge on any atom is 0.388 e. The summed E-state index contributed by atoms with van der Waals surface area (Å²) >= 11 is 0. The Balaban J connectivity index is 2.26. The van der Waals surface area contributed by atoms with Crippen LogP contribution in [0.2, 0.25) is 0 Å². The van der Waals surface area contributed by atoms with Crippen LogP contribution in [0.1, 0.15) is 13.3 Å². The van der Waals surface area contributed by atoms with Gasteiger partial charge in [0.1, 0.15) is 5.69 Å². The van der Waals surface area contributed by atoms with Gasteiger partial charge in [0.05, 0.1) is 6.10 Å². The summed E-state index contributed by atoms with van der Waals surface area (Å²) in [7, 11) is 0. The Bertz CT molecular complexity index is 452. The van der Waals surface area contributed by atoms with Gasteiger partial charge in [-0.3, -0.25) is 0 Å². The molecule has 0 bridgehead atoms. The molecule has 1 aromatic rings. The summed E-state index contributed by atoms with van der Waals surface area (Å²) in [6.45, 7) is 4.13. The van der Waals surface area contributed by atoms with E-state index in [1.165, 1.54) is 6.07 Å². The Morgan fingerprint density at radius 3 is 3.11 bits per heavy atom. The lowest BCUT2D eigenvalue weighted by atomic mass is 10.3. The van der Waals surface area contributed by atoms with Crippen LogP contribution in [0, 0.1) is 10.1 Å². The number of hydrogen-bond acceptors (Lipinski definition) is 6. The molecule has 1 atom stereocenters. The molecule has 98 valence electrons. The molecule has 2 N–H and O–H groups in total. The summed E-state index contributed by atoms with van der Waals surface area (Å²) < 4.78 is 5.53. The zero-order valence-corrected chi connectivity index (χ0v) is 10.2. The largest absolute Gasteiger partial charge is 0.392 e. The molecular formula is C11H16N4O3. The number of nitrogens with zero attached hydrogens (tertiary/aromatic N) is 3. The van der Waals surface area contributed by atoms with Gasteiger partial charge >= 0.3 is 5.82 Å². The number of nitrogens with two attached hydrogens (primary N) is 1. The lowest BCUT2D eigenvalue weighted by Crippen LogP contribution is -2.30. The first-order valence-corrected chi connectivity index (χ1v) is 5.85. The minimum Gasteiger partial charge on any atom is -0.392 e. The van der Waals surface area contributed by atoms with Crippen LogP contribution < -0.4 is 10.6 Å². The lowest BCUT2D eigenvalue weighted by molar-refractivity contribution is -0.388. The third-order valence-corrected chi connectivity index (χ3v) is 2.84. The predicted octanol–water partition coefficient (Wildman–Crippen LogP) is 1.19. The molecule has 18 heavy (non-hydrogen) atoms. The molecule has 2 heterocycles. The molecule has 0 aliphatic carbocycles. The average molecular weight is 252 g/mol. The minimum atomic E-state index is -0.559. The highest BCUT2D eigenvalue weighted by Gasteiger charge is 2.22. The van der Waals surface area contributed by atoms with E-state index in [4.69, 9.17) is 10.5 Å². The van der Waals surface area contributed by atoms with Crippen molar-refractivity contribution < 1.29 is 9.66 Å². The molecule has 1 aromatic heterocycles. The molecular weight excluding hydrogens is 236 g/mol. The number of anilines is 2. The Hall–Kier alpha value is -1.89. The van der Waals surface area contributed by atoms with E-state index in [0.717, 1.165) is 13.0 Å². The van der Waals surface area contributed by atoms with Gasteiger partial charge in [-0.2, -0.15) is 0 Å². The summed E-state index contributed by atoms with van der Waals surface area (Å²) in [5, 5.41) is 10.8. The second kappa shape index (κ2) is 5.18. The van der Waals surface area contributed by atoms with Gasteiger partial charge in [-0.05, 0) is 29.3 Å². The fraction of sp³-hybridized carbons (Fsp3) is 0.545. The predicted molar refractivity (Wildman–Crippen MR) is 67.5 cm³/mol. The SMILES string of the molecule is CC1CN(c2ccc(N)c([N+](=O)[O-])n2)CCCO1.